The molecule has 3 amide bonds. The summed E-state index contributed by atoms with van der Waals surface area (Å²) in [6.45, 7) is 7.02. The van der Waals surface area contributed by atoms with Gasteiger partial charge in [0, 0.05) is 6.04 Å². The Balaban J connectivity index is 2.55. The molecule has 0 aromatic heterocycles. The molecule has 7 heteroatoms. The number of rotatable bonds is 6. The van der Waals surface area contributed by atoms with E-state index in [1.165, 1.54) is 6.07 Å². The van der Waals surface area contributed by atoms with Crippen LogP contribution in [0.5, 0.6) is 0 Å². The Kier molecular flexibility index (Phi) is 6.93. The molecule has 0 spiro atoms. The minimum atomic E-state index is -0.974. The summed E-state index contributed by atoms with van der Waals surface area (Å²) in [4.78, 5) is 23.7. The Bertz CT molecular complexity index is 566. The molecular formula is C16H23F2N3O2. The third-order valence-corrected chi connectivity index (χ3v) is 3.53. The third-order valence-electron chi connectivity index (χ3n) is 3.53. The standard InChI is InChI=1S/C16H23F2N3O2/c1-5-9(2)19-15(22)11(4)21-16(23)20-10(3)12-6-7-13(17)14(18)8-12/h6-11H,5H2,1-4H3,(H,19,22)(H2,20,21,23)/t9-,10+,11+/m0/s1. The number of hydrogen-bond donors (Lipinski definition) is 3. The van der Waals surface area contributed by atoms with E-state index in [1.54, 1.807) is 13.8 Å². The van der Waals surface area contributed by atoms with Crippen molar-refractivity contribution in [3.63, 3.8) is 0 Å². The lowest BCUT2D eigenvalue weighted by atomic mass is 10.1. The number of benzene rings is 1. The van der Waals surface area contributed by atoms with Gasteiger partial charge in [-0.25, -0.2) is 13.6 Å². The van der Waals surface area contributed by atoms with Crippen molar-refractivity contribution in [2.45, 2.75) is 52.2 Å². The molecule has 0 heterocycles. The van der Waals surface area contributed by atoms with Crippen LogP contribution in [0.15, 0.2) is 18.2 Å². The van der Waals surface area contributed by atoms with Crippen molar-refractivity contribution in [2.75, 3.05) is 0 Å². The predicted octanol–water partition coefficient (Wildman–Crippen LogP) is 2.63. The van der Waals surface area contributed by atoms with Crippen LogP contribution < -0.4 is 16.0 Å². The molecule has 0 bridgehead atoms. The maximum Gasteiger partial charge on any atom is 0.315 e. The van der Waals surface area contributed by atoms with E-state index in [-0.39, 0.29) is 11.9 Å². The highest BCUT2D eigenvalue weighted by atomic mass is 19.2. The zero-order chi connectivity index (χ0) is 17.6. The van der Waals surface area contributed by atoms with Crippen LogP contribution in [0.3, 0.4) is 0 Å². The van der Waals surface area contributed by atoms with Gasteiger partial charge in [-0.05, 0) is 44.9 Å². The molecule has 3 atom stereocenters. The minimum Gasteiger partial charge on any atom is -0.352 e. The summed E-state index contributed by atoms with van der Waals surface area (Å²) in [6, 6.07) is 1.64. The lowest BCUT2D eigenvalue weighted by Crippen LogP contribution is -2.50. The van der Waals surface area contributed by atoms with Crippen molar-refractivity contribution in [3.05, 3.63) is 35.4 Å². The van der Waals surface area contributed by atoms with Crippen LogP contribution in [-0.2, 0) is 4.79 Å². The van der Waals surface area contributed by atoms with Crippen LogP contribution >= 0.6 is 0 Å². The lowest BCUT2D eigenvalue weighted by Gasteiger charge is -2.20. The van der Waals surface area contributed by atoms with Crippen molar-refractivity contribution in [1.29, 1.82) is 0 Å². The van der Waals surface area contributed by atoms with Crippen LogP contribution in [0.2, 0.25) is 0 Å². The molecule has 0 aliphatic carbocycles. The monoisotopic (exact) mass is 327 g/mol. The quantitative estimate of drug-likeness (QED) is 0.752. The van der Waals surface area contributed by atoms with E-state index in [4.69, 9.17) is 0 Å². The molecular weight excluding hydrogens is 304 g/mol. The van der Waals surface area contributed by atoms with Crippen molar-refractivity contribution in [3.8, 4) is 0 Å². The summed E-state index contributed by atoms with van der Waals surface area (Å²) in [7, 11) is 0. The fourth-order valence-corrected chi connectivity index (χ4v) is 1.84. The lowest BCUT2D eigenvalue weighted by molar-refractivity contribution is -0.123. The summed E-state index contributed by atoms with van der Waals surface area (Å²) >= 11 is 0. The van der Waals surface area contributed by atoms with Gasteiger partial charge in [0.1, 0.15) is 6.04 Å². The zero-order valence-corrected chi connectivity index (χ0v) is 13.7. The average molecular weight is 327 g/mol. The number of carbonyl (C=O) groups excluding carboxylic acids is 2. The van der Waals surface area contributed by atoms with Crippen LogP contribution in [0.4, 0.5) is 13.6 Å². The summed E-state index contributed by atoms with van der Waals surface area (Å²) in [6.07, 6.45) is 0.790. The number of halogens is 2. The molecule has 5 nitrogen and oxygen atoms in total. The largest absolute Gasteiger partial charge is 0.352 e. The molecule has 128 valence electrons. The Morgan fingerprint density at radius 2 is 1.70 bits per heavy atom. The molecule has 0 unspecified atom stereocenters. The Morgan fingerprint density at radius 1 is 1.04 bits per heavy atom. The van der Waals surface area contributed by atoms with E-state index in [0.29, 0.717) is 5.56 Å². The van der Waals surface area contributed by atoms with E-state index in [2.05, 4.69) is 16.0 Å². The van der Waals surface area contributed by atoms with Gasteiger partial charge >= 0.3 is 6.03 Å². The van der Waals surface area contributed by atoms with Crippen LogP contribution in [0, 0.1) is 11.6 Å². The van der Waals surface area contributed by atoms with Crippen LogP contribution in [0.1, 0.15) is 45.7 Å². The second-order valence-corrected chi connectivity index (χ2v) is 5.55. The fraction of sp³-hybridized carbons (Fsp3) is 0.500. The van der Waals surface area contributed by atoms with E-state index in [1.807, 2.05) is 13.8 Å². The molecule has 1 aromatic carbocycles. The normalized spacial score (nSPS) is 14.5. The third kappa shape index (κ3) is 5.84. The first-order valence-electron chi connectivity index (χ1n) is 7.57. The number of nitrogens with one attached hydrogen (secondary N) is 3. The molecule has 1 rings (SSSR count). The molecule has 23 heavy (non-hydrogen) atoms. The first kappa shape index (κ1) is 18.9. The van der Waals surface area contributed by atoms with Gasteiger partial charge in [0.05, 0.1) is 6.04 Å². The van der Waals surface area contributed by atoms with Crippen molar-refractivity contribution >= 4 is 11.9 Å². The smallest absolute Gasteiger partial charge is 0.315 e. The molecule has 0 saturated heterocycles. The minimum absolute atomic E-state index is 0.0240. The van der Waals surface area contributed by atoms with Gasteiger partial charge in [0.15, 0.2) is 11.6 Å². The fourth-order valence-electron chi connectivity index (χ4n) is 1.84. The highest BCUT2D eigenvalue weighted by molar-refractivity contribution is 5.86. The van der Waals surface area contributed by atoms with Crippen molar-refractivity contribution < 1.29 is 18.4 Å². The topological polar surface area (TPSA) is 70.2 Å². The molecule has 0 aliphatic heterocycles. The van der Waals surface area contributed by atoms with Gasteiger partial charge in [-0.3, -0.25) is 4.79 Å². The summed E-state index contributed by atoms with van der Waals surface area (Å²) in [5.41, 5.74) is 0.427. The van der Waals surface area contributed by atoms with E-state index in [9.17, 15) is 18.4 Å². The van der Waals surface area contributed by atoms with Gasteiger partial charge < -0.3 is 16.0 Å². The first-order chi connectivity index (χ1) is 10.7. The summed E-state index contributed by atoms with van der Waals surface area (Å²) < 4.78 is 26.1. The number of amides is 3. The average Bonchev–Trinajstić information content (AvgIpc) is 2.49. The number of hydrogen-bond acceptors (Lipinski definition) is 2. The molecule has 3 N–H and O–H groups in total. The number of carbonyl (C=O) groups is 2. The first-order valence-corrected chi connectivity index (χ1v) is 7.57. The van der Waals surface area contributed by atoms with Crippen LogP contribution in [0.25, 0.3) is 0 Å². The van der Waals surface area contributed by atoms with Gasteiger partial charge in [0.2, 0.25) is 5.91 Å². The van der Waals surface area contributed by atoms with Gasteiger partial charge in [-0.2, -0.15) is 0 Å². The highest BCUT2D eigenvalue weighted by Gasteiger charge is 2.18. The van der Waals surface area contributed by atoms with Gasteiger partial charge in [0.25, 0.3) is 0 Å². The predicted molar refractivity (Wildman–Crippen MR) is 83.8 cm³/mol. The summed E-state index contributed by atoms with van der Waals surface area (Å²) in [5.74, 6) is -2.20. The van der Waals surface area contributed by atoms with E-state index in [0.717, 1.165) is 18.6 Å². The Labute approximate surface area is 134 Å². The maximum absolute atomic E-state index is 13.2. The Hall–Kier alpha value is -2.18. The second-order valence-electron chi connectivity index (χ2n) is 5.55. The molecule has 0 saturated carbocycles. The molecule has 1 aromatic rings. The molecule has 0 radical (unpaired) electrons. The van der Waals surface area contributed by atoms with Crippen molar-refractivity contribution in [1.82, 2.24) is 16.0 Å². The number of urea groups is 1. The van der Waals surface area contributed by atoms with Gasteiger partial charge in [-0.15, -0.1) is 0 Å². The zero-order valence-electron chi connectivity index (χ0n) is 13.7. The molecule has 0 fully saturated rings. The second kappa shape index (κ2) is 8.45. The summed E-state index contributed by atoms with van der Waals surface area (Å²) in [5, 5.41) is 7.84. The van der Waals surface area contributed by atoms with E-state index < -0.39 is 29.7 Å². The van der Waals surface area contributed by atoms with Gasteiger partial charge in [-0.1, -0.05) is 13.0 Å². The molecule has 0 aliphatic rings. The van der Waals surface area contributed by atoms with Crippen LogP contribution in [-0.4, -0.2) is 24.0 Å². The SMILES string of the molecule is CC[C@H](C)NC(=O)[C@@H](C)NC(=O)N[C@H](C)c1ccc(F)c(F)c1. The van der Waals surface area contributed by atoms with E-state index >= 15 is 0 Å². The van der Waals surface area contributed by atoms with Crippen molar-refractivity contribution in [2.24, 2.45) is 0 Å². The maximum atomic E-state index is 13.2. The highest BCUT2D eigenvalue weighted by Crippen LogP contribution is 2.15. The Morgan fingerprint density at radius 3 is 2.26 bits per heavy atom.